The zero-order valence-corrected chi connectivity index (χ0v) is 13.0. The van der Waals surface area contributed by atoms with Crippen molar-refractivity contribution in [1.29, 1.82) is 0 Å². The summed E-state index contributed by atoms with van der Waals surface area (Å²) in [7, 11) is -3.22. The first-order valence-corrected chi connectivity index (χ1v) is 8.42. The molecule has 1 N–H and O–H groups in total. The summed E-state index contributed by atoms with van der Waals surface area (Å²) in [6, 6.07) is 4.98. The molecule has 20 heavy (non-hydrogen) atoms. The number of hydrogen-bond acceptors (Lipinski definition) is 4. The molecule has 0 saturated carbocycles. The summed E-state index contributed by atoms with van der Waals surface area (Å²) < 4.78 is 23.1. The van der Waals surface area contributed by atoms with Gasteiger partial charge in [0.1, 0.15) is 0 Å². The fourth-order valence-corrected chi connectivity index (χ4v) is 3.89. The molecule has 0 aliphatic carbocycles. The standard InChI is InChI=1S/C14H21O5P/c1-4-12-11(8-7-9-13(12)14(15)16)10-20(17,18-5-2)19-6-3/h7-9H,4-6,10H2,1-3H3,(H,15,16). The van der Waals surface area contributed by atoms with E-state index in [1.54, 1.807) is 32.0 Å². The van der Waals surface area contributed by atoms with E-state index in [2.05, 4.69) is 0 Å². The maximum absolute atomic E-state index is 12.5. The fourth-order valence-electron chi connectivity index (χ4n) is 2.13. The summed E-state index contributed by atoms with van der Waals surface area (Å²) in [5.41, 5.74) is 1.63. The average Bonchev–Trinajstić information content (AvgIpc) is 2.38. The molecular formula is C14H21O5P. The van der Waals surface area contributed by atoms with Gasteiger partial charge in [-0.15, -0.1) is 0 Å². The zero-order valence-electron chi connectivity index (χ0n) is 12.1. The van der Waals surface area contributed by atoms with Crippen LogP contribution in [0.1, 0.15) is 42.3 Å². The highest BCUT2D eigenvalue weighted by molar-refractivity contribution is 7.53. The van der Waals surface area contributed by atoms with Crippen molar-refractivity contribution in [3.05, 3.63) is 34.9 Å². The third kappa shape index (κ3) is 4.17. The van der Waals surface area contributed by atoms with Gasteiger partial charge in [0, 0.05) is 0 Å². The van der Waals surface area contributed by atoms with Gasteiger partial charge in [0.05, 0.1) is 24.9 Å². The lowest BCUT2D eigenvalue weighted by Crippen LogP contribution is -2.07. The number of benzene rings is 1. The second-order valence-corrected chi connectivity index (χ2v) is 6.26. The summed E-state index contributed by atoms with van der Waals surface area (Å²) >= 11 is 0. The van der Waals surface area contributed by atoms with E-state index in [9.17, 15) is 14.5 Å². The number of carboxylic acids is 1. The van der Waals surface area contributed by atoms with Crippen LogP contribution in [-0.4, -0.2) is 24.3 Å². The number of aromatic carboxylic acids is 1. The molecule has 1 aromatic carbocycles. The van der Waals surface area contributed by atoms with Crippen molar-refractivity contribution in [3.63, 3.8) is 0 Å². The summed E-state index contributed by atoms with van der Waals surface area (Å²) in [6.07, 6.45) is 0.648. The summed E-state index contributed by atoms with van der Waals surface area (Å²) in [4.78, 5) is 11.2. The van der Waals surface area contributed by atoms with Gasteiger partial charge in [0.25, 0.3) is 0 Å². The Balaban J connectivity index is 3.16. The Labute approximate surface area is 119 Å². The van der Waals surface area contributed by atoms with Gasteiger partial charge in [0.15, 0.2) is 0 Å². The van der Waals surface area contributed by atoms with E-state index in [-0.39, 0.29) is 24.9 Å². The molecule has 0 amide bonds. The molecule has 0 fully saturated rings. The van der Waals surface area contributed by atoms with Crippen molar-refractivity contribution in [1.82, 2.24) is 0 Å². The molecular weight excluding hydrogens is 279 g/mol. The van der Waals surface area contributed by atoms with Gasteiger partial charge in [-0.3, -0.25) is 4.57 Å². The van der Waals surface area contributed by atoms with Crippen LogP contribution in [0.2, 0.25) is 0 Å². The van der Waals surface area contributed by atoms with Gasteiger partial charge in [-0.25, -0.2) is 4.79 Å². The Kier molecular flexibility index (Phi) is 6.40. The van der Waals surface area contributed by atoms with Crippen LogP contribution in [0.5, 0.6) is 0 Å². The van der Waals surface area contributed by atoms with Gasteiger partial charge in [0.2, 0.25) is 0 Å². The maximum atomic E-state index is 12.5. The minimum atomic E-state index is -3.22. The van der Waals surface area contributed by atoms with Gasteiger partial charge in [-0.2, -0.15) is 0 Å². The lowest BCUT2D eigenvalue weighted by molar-refractivity contribution is 0.0695. The van der Waals surface area contributed by atoms with E-state index in [0.29, 0.717) is 17.5 Å². The largest absolute Gasteiger partial charge is 0.478 e. The van der Waals surface area contributed by atoms with Crippen LogP contribution < -0.4 is 0 Å². The molecule has 0 spiro atoms. The van der Waals surface area contributed by atoms with Gasteiger partial charge >= 0.3 is 13.6 Å². The van der Waals surface area contributed by atoms with Crippen LogP contribution >= 0.6 is 7.60 Å². The highest BCUT2D eigenvalue weighted by Gasteiger charge is 2.26. The van der Waals surface area contributed by atoms with E-state index in [4.69, 9.17) is 9.05 Å². The minimum Gasteiger partial charge on any atom is -0.478 e. The van der Waals surface area contributed by atoms with Crippen LogP contribution in [0, 0.1) is 0 Å². The topological polar surface area (TPSA) is 72.8 Å². The molecule has 0 radical (unpaired) electrons. The number of rotatable bonds is 8. The molecule has 1 rings (SSSR count). The van der Waals surface area contributed by atoms with E-state index >= 15 is 0 Å². The second-order valence-electron chi connectivity index (χ2n) is 4.21. The number of carbonyl (C=O) groups is 1. The second kappa shape index (κ2) is 7.58. The van der Waals surface area contributed by atoms with Crippen molar-refractivity contribution in [2.24, 2.45) is 0 Å². The van der Waals surface area contributed by atoms with Crippen molar-refractivity contribution in [2.75, 3.05) is 13.2 Å². The smallest absolute Gasteiger partial charge is 0.335 e. The van der Waals surface area contributed by atoms with Crippen molar-refractivity contribution in [3.8, 4) is 0 Å². The van der Waals surface area contributed by atoms with Crippen molar-refractivity contribution in [2.45, 2.75) is 33.4 Å². The monoisotopic (exact) mass is 300 g/mol. The third-order valence-corrected chi connectivity index (χ3v) is 4.90. The van der Waals surface area contributed by atoms with Crippen LogP contribution in [0.15, 0.2) is 18.2 Å². The fraction of sp³-hybridized carbons (Fsp3) is 0.500. The third-order valence-electron chi connectivity index (χ3n) is 2.87. The Bertz CT molecular complexity index is 502. The van der Waals surface area contributed by atoms with E-state index in [1.807, 2.05) is 6.92 Å². The van der Waals surface area contributed by atoms with Crippen molar-refractivity contribution < 1.29 is 23.5 Å². The van der Waals surface area contributed by atoms with Crippen LogP contribution in [-0.2, 0) is 26.2 Å². The first-order chi connectivity index (χ1) is 9.47. The summed E-state index contributed by atoms with van der Waals surface area (Å²) in [6.45, 7) is 5.95. The molecule has 0 aliphatic heterocycles. The van der Waals surface area contributed by atoms with Crippen LogP contribution in [0.3, 0.4) is 0 Å². The predicted molar refractivity (Wildman–Crippen MR) is 77.3 cm³/mol. The van der Waals surface area contributed by atoms with Crippen molar-refractivity contribution >= 4 is 13.6 Å². The summed E-state index contributed by atoms with van der Waals surface area (Å²) in [5, 5.41) is 9.19. The first-order valence-electron chi connectivity index (χ1n) is 6.69. The van der Waals surface area contributed by atoms with Crippen LogP contribution in [0.25, 0.3) is 0 Å². The maximum Gasteiger partial charge on any atom is 0.335 e. The molecule has 112 valence electrons. The highest BCUT2D eigenvalue weighted by atomic mass is 31.2. The lowest BCUT2D eigenvalue weighted by atomic mass is 10.00. The Morgan fingerprint density at radius 2 is 1.80 bits per heavy atom. The van der Waals surface area contributed by atoms with Gasteiger partial charge in [-0.1, -0.05) is 19.1 Å². The molecule has 0 aromatic heterocycles. The highest BCUT2D eigenvalue weighted by Crippen LogP contribution is 2.51. The molecule has 6 heteroatoms. The average molecular weight is 300 g/mol. The molecule has 0 saturated heterocycles. The quantitative estimate of drug-likeness (QED) is 0.741. The number of carboxylic acid groups (broad SMARTS) is 1. The summed E-state index contributed by atoms with van der Waals surface area (Å²) in [5.74, 6) is -0.980. The van der Waals surface area contributed by atoms with Crippen LogP contribution in [0.4, 0.5) is 0 Å². The molecule has 0 atom stereocenters. The Morgan fingerprint density at radius 1 is 1.20 bits per heavy atom. The normalized spacial score (nSPS) is 11.6. The predicted octanol–water partition coefficient (Wildman–Crippen LogP) is 3.71. The zero-order chi connectivity index (χ0) is 15.2. The first kappa shape index (κ1) is 16.9. The Hall–Kier alpha value is -1.16. The number of hydrogen-bond donors (Lipinski definition) is 1. The van der Waals surface area contributed by atoms with Gasteiger partial charge < -0.3 is 14.2 Å². The molecule has 0 heterocycles. The van der Waals surface area contributed by atoms with E-state index in [0.717, 1.165) is 0 Å². The molecule has 1 aromatic rings. The molecule has 0 aliphatic rings. The SMILES string of the molecule is CCOP(=O)(Cc1cccc(C(=O)O)c1CC)OCC. The minimum absolute atomic E-state index is 0.0962. The van der Waals surface area contributed by atoms with Gasteiger partial charge in [-0.05, 0) is 37.5 Å². The lowest BCUT2D eigenvalue weighted by Gasteiger charge is -2.19. The van der Waals surface area contributed by atoms with E-state index in [1.165, 1.54) is 0 Å². The Morgan fingerprint density at radius 3 is 2.25 bits per heavy atom. The van der Waals surface area contributed by atoms with E-state index < -0.39 is 13.6 Å². The molecule has 0 unspecified atom stereocenters. The molecule has 5 nitrogen and oxygen atoms in total. The molecule has 0 bridgehead atoms.